The molecule has 31 heavy (non-hydrogen) atoms. The van der Waals surface area contributed by atoms with Crippen LogP contribution in [-0.4, -0.2) is 8.42 Å². The van der Waals surface area contributed by atoms with Crippen LogP contribution in [0, 0.1) is 13.8 Å². The molecule has 0 aliphatic heterocycles. The summed E-state index contributed by atoms with van der Waals surface area (Å²) >= 11 is 0. The molecule has 0 aromatic heterocycles. The average Bonchev–Trinajstić information content (AvgIpc) is 2.78. The molecule has 0 aliphatic carbocycles. The molecule has 5 heteroatoms. The first-order chi connectivity index (χ1) is 14.9. The lowest BCUT2D eigenvalue weighted by molar-refractivity contribution is 0.478. The summed E-state index contributed by atoms with van der Waals surface area (Å²) in [5.74, 6) is 2.63. The molecule has 156 valence electrons. The van der Waals surface area contributed by atoms with Crippen LogP contribution in [0.1, 0.15) is 11.1 Å². The third-order valence-electron chi connectivity index (χ3n) is 4.91. The summed E-state index contributed by atoms with van der Waals surface area (Å²) in [6.45, 7) is 3.92. The summed E-state index contributed by atoms with van der Waals surface area (Å²) in [5, 5.41) is 0. The van der Waals surface area contributed by atoms with Gasteiger partial charge in [0.2, 0.25) is 9.84 Å². The van der Waals surface area contributed by atoms with E-state index in [0.29, 0.717) is 11.5 Å². The summed E-state index contributed by atoms with van der Waals surface area (Å²) in [4.78, 5) is 0.411. The van der Waals surface area contributed by atoms with Crippen molar-refractivity contribution < 1.29 is 17.9 Å². The van der Waals surface area contributed by atoms with E-state index in [1.54, 1.807) is 48.5 Å². The van der Waals surface area contributed by atoms with E-state index in [4.69, 9.17) is 9.47 Å². The van der Waals surface area contributed by atoms with Gasteiger partial charge in [0.05, 0.1) is 9.79 Å². The topological polar surface area (TPSA) is 52.6 Å². The van der Waals surface area contributed by atoms with Gasteiger partial charge in [-0.2, -0.15) is 0 Å². The molecule has 0 spiro atoms. The molecule has 0 fully saturated rings. The van der Waals surface area contributed by atoms with Crippen molar-refractivity contribution in [1.29, 1.82) is 0 Å². The fourth-order valence-corrected chi connectivity index (χ4v) is 4.37. The van der Waals surface area contributed by atoms with Crippen molar-refractivity contribution in [2.75, 3.05) is 0 Å². The highest BCUT2D eigenvalue weighted by Gasteiger charge is 2.18. The zero-order valence-corrected chi connectivity index (χ0v) is 18.1. The molecule has 0 saturated heterocycles. The van der Waals surface area contributed by atoms with Crippen molar-refractivity contribution in [3.63, 3.8) is 0 Å². The first-order valence-electron chi connectivity index (χ1n) is 9.86. The summed E-state index contributed by atoms with van der Waals surface area (Å²) in [5.41, 5.74) is 2.01. The predicted molar refractivity (Wildman–Crippen MR) is 121 cm³/mol. The normalized spacial score (nSPS) is 11.2. The number of benzene rings is 4. The first-order valence-corrected chi connectivity index (χ1v) is 11.3. The number of ether oxygens (including phenoxy) is 2. The van der Waals surface area contributed by atoms with Crippen molar-refractivity contribution in [2.45, 2.75) is 23.6 Å². The van der Waals surface area contributed by atoms with E-state index in [0.717, 1.165) is 22.6 Å². The van der Waals surface area contributed by atoms with Crippen molar-refractivity contribution in [2.24, 2.45) is 0 Å². The summed E-state index contributed by atoms with van der Waals surface area (Å²) in [6, 6.07) is 28.2. The second-order valence-electron chi connectivity index (χ2n) is 7.18. The number of sulfone groups is 1. The Labute approximate surface area is 182 Å². The number of aryl methyl sites for hydroxylation is 2. The van der Waals surface area contributed by atoms with Gasteiger partial charge >= 0.3 is 0 Å². The monoisotopic (exact) mass is 430 g/mol. The molecule has 4 aromatic rings. The lowest BCUT2D eigenvalue weighted by Gasteiger charge is -2.11. The van der Waals surface area contributed by atoms with Gasteiger partial charge < -0.3 is 9.47 Å². The Kier molecular flexibility index (Phi) is 5.78. The Hall–Kier alpha value is -3.57. The molecule has 0 saturated carbocycles. The highest BCUT2D eigenvalue weighted by molar-refractivity contribution is 7.91. The molecule has 4 nitrogen and oxygen atoms in total. The smallest absolute Gasteiger partial charge is 0.206 e. The number of rotatable bonds is 6. The maximum atomic E-state index is 13.0. The molecule has 0 unspecified atom stereocenters. The van der Waals surface area contributed by atoms with Crippen LogP contribution >= 0.6 is 0 Å². The van der Waals surface area contributed by atoms with Crippen LogP contribution in [0.5, 0.6) is 23.0 Å². The lowest BCUT2D eigenvalue weighted by atomic mass is 10.2. The van der Waals surface area contributed by atoms with Gasteiger partial charge in [-0.1, -0.05) is 36.4 Å². The minimum absolute atomic E-state index is 0.206. The van der Waals surface area contributed by atoms with Crippen molar-refractivity contribution in [3.05, 3.63) is 108 Å². The highest BCUT2D eigenvalue weighted by atomic mass is 32.2. The van der Waals surface area contributed by atoms with Gasteiger partial charge in [0.1, 0.15) is 23.0 Å². The average molecular weight is 431 g/mol. The summed E-state index contributed by atoms with van der Waals surface area (Å²) in [6.07, 6.45) is 0. The van der Waals surface area contributed by atoms with E-state index in [9.17, 15) is 8.42 Å². The third kappa shape index (κ3) is 4.62. The molecule has 0 heterocycles. The van der Waals surface area contributed by atoms with Crippen LogP contribution in [0.15, 0.2) is 107 Å². The molecule has 0 amide bonds. The van der Waals surface area contributed by atoms with Crippen LogP contribution in [0.25, 0.3) is 0 Å². The van der Waals surface area contributed by atoms with E-state index in [-0.39, 0.29) is 9.79 Å². The predicted octanol–water partition coefficient (Wildman–Crippen LogP) is 6.72. The van der Waals surface area contributed by atoms with Crippen molar-refractivity contribution in [3.8, 4) is 23.0 Å². The Balaban J connectivity index is 1.51. The van der Waals surface area contributed by atoms with E-state index in [1.807, 2.05) is 62.4 Å². The lowest BCUT2D eigenvalue weighted by Crippen LogP contribution is -2.02. The molecular weight excluding hydrogens is 408 g/mol. The molecule has 0 aliphatic rings. The third-order valence-corrected chi connectivity index (χ3v) is 6.70. The van der Waals surface area contributed by atoms with Gasteiger partial charge in [0, 0.05) is 0 Å². The molecule has 0 radical (unpaired) electrons. The molecule has 4 aromatic carbocycles. The minimum Gasteiger partial charge on any atom is -0.457 e. The maximum Gasteiger partial charge on any atom is 0.206 e. The van der Waals surface area contributed by atoms with Gasteiger partial charge in [-0.05, 0) is 85.6 Å². The van der Waals surface area contributed by atoms with Gasteiger partial charge in [-0.3, -0.25) is 0 Å². The zero-order valence-electron chi connectivity index (χ0n) is 17.3. The standard InChI is InChI=1S/C26H22O4S/c1-19-7-3-5-9-25(19)29-21-11-15-23(16-12-21)31(27,28)24-17-13-22(14-18-24)30-26-10-6-4-8-20(26)2/h3-18H,1-2H3. The Morgan fingerprint density at radius 1 is 0.516 bits per heavy atom. The highest BCUT2D eigenvalue weighted by Crippen LogP contribution is 2.30. The second-order valence-corrected chi connectivity index (χ2v) is 9.13. The molecule has 0 bridgehead atoms. The Bertz CT molecular complexity index is 1200. The van der Waals surface area contributed by atoms with Crippen LogP contribution < -0.4 is 9.47 Å². The summed E-state index contributed by atoms with van der Waals surface area (Å²) < 4.78 is 37.7. The number of hydrogen-bond donors (Lipinski definition) is 0. The Morgan fingerprint density at radius 2 is 0.871 bits per heavy atom. The van der Waals surface area contributed by atoms with Crippen LogP contribution in [0.4, 0.5) is 0 Å². The molecule has 0 atom stereocenters. The minimum atomic E-state index is -3.65. The van der Waals surface area contributed by atoms with Gasteiger partial charge in [0.25, 0.3) is 0 Å². The molecular formula is C26H22O4S. The van der Waals surface area contributed by atoms with E-state index in [2.05, 4.69) is 0 Å². The quantitative estimate of drug-likeness (QED) is 0.341. The molecule has 0 N–H and O–H groups in total. The van der Waals surface area contributed by atoms with Gasteiger partial charge in [0.15, 0.2) is 0 Å². The number of hydrogen-bond acceptors (Lipinski definition) is 4. The molecule has 4 rings (SSSR count). The zero-order chi connectivity index (χ0) is 21.8. The van der Waals surface area contributed by atoms with Crippen molar-refractivity contribution in [1.82, 2.24) is 0 Å². The van der Waals surface area contributed by atoms with Crippen LogP contribution in [-0.2, 0) is 9.84 Å². The SMILES string of the molecule is Cc1ccccc1Oc1ccc(S(=O)(=O)c2ccc(Oc3ccccc3C)cc2)cc1. The largest absolute Gasteiger partial charge is 0.457 e. The second kappa shape index (κ2) is 8.66. The fraction of sp³-hybridized carbons (Fsp3) is 0.0769. The first kappa shape index (κ1) is 20.7. The number of para-hydroxylation sites is 2. The fourth-order valence-electron chi connectivity index (χ4n) is 3.11. The van der Waals surface area contributed by atoms with Crippen LogP contribution in [0.2, 0.25) is 0 Å². The Morgan fingerprint density at radius 3 is 1.23 bits per heavy atom. The van der Waals surface area contributed by atoms with E-state index < -0.39 is 9.84 Å². The van der Waals surface area contributed by atoms with Crippen molar-refractivity contribution >= 4 is 9.84 Å². The van der Waals surface area contributed by atoms with E-state index in [1.165, 1.54) is 0 Å². The van der Waals surface area contributed by atoms with Gasteiger partial charge in [-0.25, -0.2) is 8.42 Å². The van der Waals surface area contributed by atoms with E-state index >= 15 is 0 Å². The maximum absolute atomic E-state index is 13.0. The summed E-state index contributed by atoms with van der Waals surface area (Å²) in [7, 11) is -3.65. The van der Waals surface area contributed by atoms with Crippen LogP contribution in [0.3, 0.4) is 0 Å². The van der Waals surface area contributed by atoms with Gasteiger partial charge in [-0.15, -0.1) is 0 Å².